The molecule has 0 heterocycles. The van der Waals surface area contributed by atoms with Crippen molar-refractivity contribution < 1.29 is 0 Å². The van der Waals surface area contributed by atoms with E-state index in [0.29, 0.717) is 0 Å². The summed E-state index contributed by atoms with van der Waals surface area (Å²) in [4.78, 5) is 0. The summed E-state index contributed by atoms with van der Waals surface area (Å²) < 4.78 is 3.66. The zero-order valence-corrected chi connectivity index (χ0v) is 5.52. The zero-order valence-electron chi connectivity index (χ0n) is 4.52. The van der Waals surface area contributed by atoms with E-state index in [9.17, 15) is 0 Å². The average Bonchev–Trinajstić information content (AvgIpc) is 1.35. The Kier molecular flexibility index (Phi) is 1.71. The molecule has 0 aromatic carbocycles. The Morgan fingerprint density at radius 2 is 1.50 bits per heavy atom. The van der Waals surface area contributed by atoms with E-state index in [0.717, 1.165) is 0 Å². The molecule has 0 aliphatic rings. The fraction of sp³-hybridized carbons (Fsp3) is 1.00. The minimum absolute atomic E-state index is 1.23. The van der Waals surface area contributed by atoms with Crippen LogP contribution in [0.15, 0.2) is 4.56 Å². The van der Waals surface area contributed by atoms with E-state index in [-0.39, 0.29) is 0 Å². The van der Waals surface area contributed by atoms with Crippen molar-refractivity contribution in [2.45, 2.75) is 19.6 Å². The molecule has 0 amide bonds. The van der Waals surface area contributed by atoms with E-state index in [4.69, 9.17) is 7.64 Å². The van der Waals surface area contributed by atoms with Gasteiger partial charge in [0, 0.05) is 0 Å². The van der Waals surface area contributed by atoms with Crippen LogP contribution in [-0.2, 0) is 0 Å². The van der Waals surface area contributed by atoms with Gasteiger partial charge in [-0.1, -0.05) is 0 Å². The summed E-state index contributed by atoms with van der Waals surface area (Å²) in [6.45, 7) is 6.27. The van der Waals surface area contributed by atoms with E-state index >= 15 is 0 Å². The van der Waals surface area contributed by atoms with Crippen molar-refractivity contribution in [1.29, 1.82) is 0 Å². The third-order valence-electron chi connectivity index (χ3n) is 0.387. The van der Waals surface area contributed by atoms with Crippen molar-refractivity contribution in [1.82, 2.24) is 0 Å². The first-order valence-corrected chi connectivity index (χ1v) is 5.43. The monoisotopic (exact) mass is 98.1 g/mol. The first kappa shape index (κ1) is 6.08. The summed E-state index contributed by atoms with van der Waals surface area (Å²) in [5.74, 6) is 0. The van der Waals surface area contributed by atoms with Gasteiger partial charge in [-0.2, -0.15) is 0 Å². The Labute approximate surface area is 41.0 Å². The van der Waals surface area contributed by atoms with Crippen LogP contribution in [0.3, 0.4) is 0 Å². The summed E-state index contributed by atoms with van der Waals surface area (Å²) >= 11 is 0. The van der Waals surface area contributed by atoms with Crippen LogP contribution in [-0.4, -0.2) is 15.9 Å². The topological polar surface area (TPSA) is 12.4 Å². The molecule has 3 heteroatoms. The second kappa shape index (κ2) is 1.69. The summed E-state index contributed by atoms with van der Waals surface area (Å²) in [6, 6.07) is 0. The molecular weight excluding hydrogens is 88.9 g/mol. The van der Waals surface area contributed by atoms with Gasteiger partial charge in [0.1, 0.15) is 0 Å². The molecule has 0 saturated carbocycles. The number of hydrogen-bond donors (Lipinski definition) is 0. The standard InChI is InChI=1S/C3H9BNSi/c1-6(2,3)5-4/h1-3H3. The molecule has 1 radical (unpaired) electrons. The van der Waals surface area contributed by atoms with Crippen molar-refractivity contribution in [2.24, 2.45) is 4.56 Å². The Morgan fingerprint density at radius 1 is 1.33 bits per heavy atom. The van der Waals surface area contributed by atoms with Crippen LogP contribution in [0.25, 0.3) is 0 Å². The summed E-state index contributed by atoms with van der Waals surface area (Å²) in [6.07, 6.45) is 0. The normalized spacial score (nSPS) is 11.0. The predicted octanol–water partition coefficient (Wildman–Crippen LogP) is 1.17. The summed E-state index contributed by atoms with van der Waals surface area (Å²) in [5, 5.41) is 0. The van der Waals surface area contributed by atoms with Crippen LogP contribution < -0.4 is 0 Å². The molecule has 6 heavy (non-hydrogen) atoms. The van der Waals surface area contributed by atoms with Gasteiger partial charge in [0.15, 0.2) is 0 Å². The molecule has 0 spiro atoms. The molecule has 0 fully saturated rings. The van der Waals surface area contributed by atoms with Gasteiger partial charge in [-0.25, -0.2) is 0 Å². The van der Waals surface area contributed by atoms with Crippen molar-refractivity contribution in [3.8, 4) is 0 Å². The van der Waals surface area contributed by atoms with E-state index in [1.807, 2.05) is 0 Å². The maximum atomic E-state index is 4.99. The van der Waals surface area contributed by atoms with Crippen LogP contribution in [0.1, 0.15) is 0 Å². The van der Waals surface area contributed by atoms with Crippen LogP contribution in [0.5, 0.6) is 0 Å². The number of rotatable bonds is 1. The van der Waals surface area contributed by atoms with E-state index in [1.165, 1.54) is 0 Å². The molecule has 0 rings (SSSR count). The van der Waals surface area contributed by atoms with Gasteiger partial charge in [0.05, 0.1) is 0 Å². The number of nitrogens with zero attached hydrogens (tertiary/aromatic N) is 1. The molecular formula is C3H9BNSi. The van der Waals surface area contributed by atoms with Gasteiger partial charge >= 0.3 is 40.1 Å². The van der Waals surface area contributed by atoms with Crippen molar-refractivity contribution in [2.75, 3.05) is 0 Å². The zero-order chi connectivity index (χ0) is 5.21. The van der Waals surface area contributed by atoms with E-state index in [2.05, 4.69) is 24.2 Å². The first-order valence-electron chi connectivity index (χ1n) is 1.98. The summed E-state index contributed by atoms with van der Waals surface area (Å²) in [5.41, 5.74) is 0. The second-order valence-corrected chi connectivity index (χ2v) is 6.90. The van der Waals surface area contributed by atoms with Crippen LogP contribution in [0.2, 0.25) is 19.6 Å². The average molecular weight is 98.0 g/mol. The van der Waals surface area contributed by atoms with Crippen molar-refractivity contribution >= 4 is 15.9 Å². The predicted molar refractivity (Wildman–Crippen MR) is 31.5 cm³/mol. The Balaban J connectivity index is 3.45. The maximum absolute atomic E-state index is 4.99. The van der Waals surface area contributed by atoms with Crippen LogP contribution in [0.4, 0.5) is 0 Å². The molecule has 0 aromatic rings. The molecule has 0 unspecified atom stereocenters. The molecule has 0 N–H and O–H groups in total. The summed E-state index contributed by atoms with van der Waals surface area (Å²) in [7, 11) is 3.76. The molecule has 33 valence electrons. The molecule has 0 atom stereocenters. The Morgan fingerprint density at radius 3 is 1.50 bits per heavy atom. The van der Waals surface area contributed by atoms with Gasteiger partial charge in [0.2, 0.25) is 0 Å². The van der Waals surface area contributed by atoms with Crippen molar-refractivity contribution in [3.05, 3.63) is 0 Å². The third kappa shape index (κ3) is 4.08. The Hall–Kier alpha value is 0.0818. The molecule has 0 aliphatic heterocycles. The van der Waals surface area contributed by atoms with Gasteiger partial charge in [0.25, 0.3) is 0 Å². The third-order valence-corrected chi connectivity index (χ3v) is 1.16. The second-order valence-electron chi connectivity index (χ2n) is 2.30. The quantitative estimate of drug-likeness (QED) is 0.436. The van der Waals surface area contributed by atoms with Crippen molar-refractivity contribution in [3.63, 3.8) is 0 Å². The molecule has 0 aromatic heterocycles. The number of hydrogen-bond acceptors (Lipinski definition) is 1. The fourth-order valence-electron chi connectivity index (χ4n) is 0. The van der Waals surface area contributed by atoms with E-state index < -0.39 is 8.24 Å². The molecule has 0 bridgehead atoms. The molecule has 0 saturated heterocycles. The minimum atomic E-state index is -1.23. The fourth-order valence-corrected chi connectivity index (χ4v) is 0. The van der Waals surface area contributed by atoms with Crippen LogP contribution >= 0.6 is 0 Å². The van der Waals surface area contributed by atoms with Gasteiger partial charge in [-0.15, -0.1) is 0 Å². The van der Waals surface area contributed by atoms with Gasteiger partial charge in [-0.05, 0) is 0 Å². The van der Waals surface area contributed by atoms with E-state index in [1.54, 1.807) is 0 Å². The molecule has 1 nitrogen and oxygen atoms in total. The van der Waals surface area contributed by atoms with Gasteiger partial charge in [-0.3, -0.25) is 0 Å². The Bertz CT molecular complexity index is 56.3. The first-order chi connectivity index (χ1) is 2.56. The van der Waals surface area contributed by atoms with Gasteiger partial charge < -0.3 is 0 Å². The van der Waals surface area contributed by atoms with Crippen LogP contribution in [0, 0.1) is 0 Å². The SMILES string of the molecule is [B]=N[Si](C)(C)C. The molecule has 0 aliphatic carbocycles.